The summed E-state index contributed by atoms with van der Waals surface area (Å²) in [6.07, 6.45) is 2.69. The maximum absolute atomic E-state index is 11.9. The highest BCUT2D eigenvalue weighted by molar-refractivity contribution is 7.89. The van der Waals surface area contributed by atoms with E-state index in [0.717, 1.165) is 0 Å². The van der Waals surface area contributed by atoms with Crippen molar-refractivity contribution in [2.24, 2.45) is 0 Å². The van der Waals surface area contributed by atoms with Gasteiger partial charge < -0.3 is 20.6 Å². The number of carbonyl (C=O) groups is 1. The van der Waals surface area contributed by atoms with Gasteiger partial charge in [0, 0.05) is 18.3 Å². The third kappa shape index (κ3) is 5.31. The molecule has 0 spiro atoms. The van der Waals surface area contributed by atoms with E-state index in [2.05, 4.69) is 10.0 Å². The van der Waals surface area contributed by atoms with Crippen LogP contribution in [-0.4, -0.2) is 42.8 Å². The number of nitrogens with one attached hydrogen (secondary N) is 2. The zero-order chi connectivity index (χ0) is 19.2. The molecule has 2 aromatic rings. The minimum Gasteiger partial charge on any atom is -0.504 e. The van der Waals surface area contributed by atoms with E-state index in [1.165, 1.54) is 54.6 Å². The third-order valence-electron chi connectivity index (χ3n) is 3.26. The first kappa shape index (κ1) is 19.4. The predicted molar refractivity (Wildman–Crippen MR) is 96.2 cm³/mol. The Bertz CT molecular complexity index is 907. The molecular formula is C17H18N2O6S. The van der Waals surface area contributed by atoms with Gasteiger partial charge >= 0.3 is 0 Å². The summed E-state index contributed by atoms with van der Waals surface area (Å²) in [7, 11) is -3.70. The fourth-order valence-electron chi connectivity index (χ4n) is 1.98. The summed E-state index contributed by atoms with van der Waals surface area (Å²) in [4.78, 5) is 11.9. The first-order valence-corrected chi connectivity index (χ1v) is 9.02. The first-order chi connectivity index (χ1) is 12.3. The summed E-state index contributed by atoms with van der Waals surface area (Å²) in [5.74, 6) is -0.999. The lowest BCUT2D eigenvalue weighted by molar-refractivity contribution is -0.111. The smallest absolute Gasteiger partial charge is 0.248 e. The SMILES string of the molecule is O=C(C=Cc1ccc(O)c(O)c1)Nc1ccc(S(=O)(=O)NCCO)cc1. The summed E-state index contributed by atoms with van der Waals surface area (Å²) in [6.45, 7) is -0.392. The number of amides is 1. The highest BCUT2D eigenvalue weighted by Gasteiger charge is 2.12. The van der Waals surface area contributed by atoms with Crippen LogP contribution < -0.4 is 10.0 Å². The van der Waals surface area contributed by atoms with Crippen LogP contribution in [0.1, 0.15) is 5.56 Å². The maximum atomic E-state index is 11.9. The molecule has 0 bridgehead atoms. The van der Waals surface area contributed by atoms with Gasteiger partial charge in [0.15, 0.2) is 11.5 Å². The van der Waals surface area contributed by atoms with Gasteiger partial charge in [-0.15, -0.1) is 0 Å². The maximum Gasteiger partial charge on any atom is 0.248 e. The first-order valence-electron chi connectivity index (χ1n) is 7.53. The predicted octanol–water partition coefficient (Wildman–Crippen LogP) is 1.02. The van der Waals surface area contributed by atoms with Crippen LogP contribution in [0.4, 0.5) is 5.69 Å². The molecule has 9 heteroatoms. The lowest BCUT2D eigenvalue weighted by atomic mass is 10.2. The van der Waals surface area contributed by atoms with E-state index >= 15 is 0 Å². The molecule has 2 aromatic carbocycles. The Labute approximate surface area is 150 Å². The lowest BCUT2D eigenvalue weighted by Gasteiger charge is -2.07. The molecule has 1 amide bonds. The van der Waals surface area contributed by atoms with Crippen LogP contribution in [0.2, 0.25) is 0 Å². The molecule has 0 radical (unpaired) electrons. The van der Waals surface area contributed by atoms with Gasteiger partial charge in [-0.05, 0) is 48.0 Å². The molecule has 138 valence electrons. The number of benzene rings is 2. The van der Waals surface area contributed by atoms with Crippen LogP contribution in [0, 0.1) is 0 Å². The topological polar surface area (TPSA) is 136 Å². The number of rotatable bonds is 7. The van der Waals surface area contributed by atoms with Crippen molar-refractivity contribution < 1.29 is 28.5 Å². The Kier molecular flexibility index (Phi) is 6.34. The molecule has 8 nitrogen and oxygen atoms in total. The number of anilines is 1. The highest BCUT2D eigenvalue weighted by atomic mass is 32.2. The van der Waals surface area contributed by atoms with Gasteiger partial charge in [-0.2, -0.15) is 0 Å². The Morgan fingerprint density at radius 2 is 1.73 bits per heavy atom. The van der Waals surface area contributed by atoms with E-state index < -0.39 is 15.9 Å². The van der Waals surface area contributed by atoms with Crippen molar-refractivity contribution in [2.45, 2.75) is 4.90 Å². The number of hydrogen-bond donors (Lipinski definition) is 5. The zero-order valence-corrected chi connectivity index (χ0v) is 14.4. The minimum absolute atomic E-state index is 0.0130. The summed E-state index contributed by atoms with van der Waals surface area (Å²) in [5, 5.41) is 29.9. The Hall–Kier alpha value is -2.88. The van der Waals surface area contributed by atoms with Crippen molar-refractivity contribution >= 4 is 27.7 Å². The number of hydrogen-bond acceptors (Lipinski definition) is 6. The van der Waals surface area contributed by atoms with Crippen molar-refractivity contribution in [1.82, 2.24) is 4.72 Å². The van der Waals surface area contributed by atoms with Gasteiger partial charge in [0.2, 0.25) is 15.9 Å². The summed E-state index contributed by atoms with van der Waals surface area (Å²) >= 11 is 0. The normalized spacial score (nSPS) is 11.6. The third-order valence-corrected chi connectivity index (χ3v) is 4.74. The Morgan fingerprint density at radius 3 is 2.35 bits per heavy atom. The fourth-order valence-corrected chi connectivity index (χ4v) is 3.00. The molecule has 0 fully saturated rings. The number of phenolic OH excluding ortho intramolecular Hbond substituents is 2. The van der Waals surface area contributed by atoms with E-state index in [0.29, 0.717) is 11.3 Å². The molecule has 0 saturated heterocycles. The van der Waals surface area contributed by atoms with Crippen LogP contribution in [-0.2, 0) is 14.8 Å². The number of carbonyl (C=O) groups excluding carboxylic acids is 1. The molecule has 0 saturated carbocycles. The van der Waals surface area contributed by atoms with Gasteiger partial charge in [-0.25, -0.2) is 13.1 Å². The van der Waals surface area contributed by atoms with Gasteiger partial charge in [0.1, 0.15) is 0 Å². The Balaban J connectivity index is 2.01. The standard InChI is InChI=1S/C17H18N2O6S/c20-10-9-18-26(24,25)14-5-3-13(4-6-14)19-17(23)8-2-12-1-7-15(21)16(22)11-12/h1-8,11,18,20-22H,9-10H2,(H,19,23). The van der Waals surface area contributed by atoms with E-state index in [-0.39, 0.29) is 29.5 Å². The molecule has 0 atom stereocenters. The summed E-state index contributed by atoms with van der Waals surface area (Å²) in [6, 6.07) is 9.66. The van der Waals surface area contributed by atoms with Crippen LogP contribution in [0.5, 0.6) is 11.5 Å². The second kappa shape index (κ2) is 8.48. The van der Waals surface area contributed by atoms with Crippen LogP contribution in [0.3, 0.4) is 0 Å². The van der Waals surface area contributed by atoms with E-state index in [1.807, 2.05) is 0 Å². The minimum atomic E-state index is -3.70. The molecular weight excluding hydrogens is 360 g/mol. The summed E-state index contributed by atoms with van der Waals surface area (Å²) in [5.41, 5.74) is 0.918. The molecule has 0 heterocycles. The largest absolute Gasteiger partial charge is 0.504 e. The van der Waals surface area contributed by atoms with E-state index in [9.17, 15) is 23.4 Å². The number of aromatic hydroxyl groups is 2. The quantitative estimate of drug-likeness (QED) is 0.360. The van der Waals surface area contributed by atoms with Crippen LogP contribution in [0.25, 0.3) is 6.08 Å². The molecule has 5 N–H and O–H groups in total. The number of phenols is 2. The Morgan fingerprint density at radius 1 is 1.04 bits per heavy atom. The van der Waals surface area contributed by atoms with E-state index in [1.54, 1.807) is 0 Å². The van der Waals surface area contributed by atoms with Crippen molar-refractivity contribution in [3.05, 3.63) is 54.1 Å². The molecule has 0 aliphatic heterocycles. The molecule has 2 rings (SSSR count). The molecule has 0 unspecified atom stereocenters. The number of aliphatic hydroxyl groups is 1. The van der Waals surface area contributed by atoms with Crippen molar-refractivity contribution in [3.8, 4) is 11.5 Å². The van der Waals surface area contributed by atoms with Gasteiger partial charge in [-0.3, -0.25) is 4.79 Å². The zero-order valence-electron chi connectivity index (χ0n) is 13.6. The molecule has 26 heavy (non-hydrogen) atoms. The molecule has 0 aliphatic rings. The average Bonchev–Trinajstić information content (AvgIpc) is 2.61. The summed E-state index contributed by atoms with van der Waals surface area (Å²) < 4.78 is 26.0. The highest BCUT2D eigenvalue weighted by Crippen LogP contribution is 2.25. The van der Waals surface area contributed by atoms with Crippen LogP contribution in [0.15, 0.2) is 53.4 Å². The van der Waals surface area contributed by atoms with Gasteiger partial charge in [-0.1, -0.05) is 6.07 Å². The molecule has 0 aromatic heterocycles. The number of aliphatic hydroxyl groups excluding tert-OH is 1. The van der Waals surface area contributed by atoms with Crippen molar-refractivity contribution in [1.29, 1.82) is 0 Å². The van der Waals surface area contributed by atoms with Crippen LogP contribution >= 0.6 is 0 Å². The van der Waals surface area contributed by atoms with Gasteiger partial charge in [0.25, 0.3) is 0 Å². The monoisotopic (exact) mass is 378 g/mol. The van der Waals surface area contributed by atoms with Gasteiger partial charge in [0.05, 0.1) is 11.5 Å². The number of sulfonamides is 1. The molecule has 0 aliphatic carbocycles. The average molecular weight is 378 g/mol. The van der Waals surface area contributed by atoms with Crippen molar-refractivity contribution in [3.63, 3.8) is 0 Å². The lowest BCUT2D eigenvalue weighted by Crippen LogP contribution is -2.26. The fraction of sp³-hybridized carbons (Fsp3) is 0.118. The van der Waals surface area contributed by atoms with E-state index in [4.69, 9.17) is 5.11 Å². The second-order valence-corrected chi connectivity index (χ2v) is 6.98. The van der Waals surface area contributed by atoms with Crippen molar-refractivity contribution in [2.75, 3.05) is 18.5 Å². The second-order valence-electron chi connectivity index (χ2n) is 5.22.